The number of nitrogens with one attached hydrogen (secondary N) is 2. The number of amides is 2. The molecule has 0 saturated heterocycles. The summed E-state index contributed by atoms with van der Waals surface area (Å²) in [6, 6.07) is 13.4. The maximum atomic E-state index is 13.3. The molecule has 3 atom stereocenters. The number of nitrogens with zero attached hydrogens (tertiary/aromatic N) is 3. The first kappa shape index (κ1) is 32.1. The summed E-state index contributed by atoms with van der Waals surface area (Å²) in [4.78, 5) is 45.0. The predicted molar refractivity (Wildman–Crippen MR) is 164 cm³/mol. The second kappa shape index (κ2) is 16.2. The molecule has 0 aliphatic rings. The van der Waals surface area contributed by atoms with Crippen LogP contribution in [0.25, 0.3) is 10.8 Å². The second-order valence-electron chi connectivity index (χ2n) is 10.5. The highest BCUT2D eigenvalue weighted by Crippen LogP contribution is 2.21. The highest BCUT2D eigenvalue weighted by Gasteiger charge is 2.26. The molecule has 0 bridgehead atoms. The van der Waals surface area contributed by atoms with Crippen molar-refractivity contribution in [1.29, 1.82) is 0 Å². The highest BCUT2D eigenvalue weighted by atomic mass is 32.2. The van der Waals surface area contributed by atoms with Crippen LogP contribution in [0.2, 0.25) is 0 Å². The number of thioether (sulfide) groups is 1. The van der Waals surface area contributed by atoms with E-state index in [4.69, 9.17) is 4.74 Å². The van der Waals surface area contributed by atoms with E-state index in [1.54, 1.807) is 18.1 Å². The number of methoxy groups -OCH3 is 1. The number of hydrogen-bond donors (Lipinski definition) is 2. The lowest BCUT2D eigenvalue weighted by Gasteiger charge is -2.31. The lowest BCUT2D eigenvalue weighted by Crippen LogP contribution is -2.51. The molecule has 2 N–H and O–H groups in total. The topological polar surface area (TPSA) is 106 Å². The van der Waals surface area contributed by atoms with Gasteiger partial charge >= 0.3 is 5.97 Å². The van der Waals surface area contributed by atoms with Gasteiger partial charge in [-0.25, -0.2) is 9.78 Å². The van der Waals surface area contributed by atoms with Crippen LogP contribution < -0.4 is 10.6 Å². The summed E-state index contributed by atoms with van der Waals surface area (Å²) < 4.78 is 6.75. The van der Waals surface area contributed by atoms with Gasteiger partial charge in [0.05, 0.1) is 32.1 Å². The van der Waals surface area contributed by atoms with Crippen LogP contribution in [0, 0.1) is 5.92 Å². The van der Waals surface area contributed by atoms with E-state index < -0.39 is 12.0 Å². The molecule has 0 unspecified atom stereocenters. The van der Waals surface area contributed by atoms with Gasteiger partial charge in [0.2, 0.25) is 11.8 Å². The van der Waals surface area contributed by atoms with Gasteiger partial charge in [-0.15, -0.1) is 0 Å². The minimum absolute atomic E-state index is 0.0685. The van der Waals surface area contributed by atoms with Crippen LogP contribution in [0.5, 0.6) is 0 Å². The molecular weight excluding hydrogens is 538 g/mol. The van der Waals surface area contributed by atoms with Crippen LogP contribution in [-0.2, 0) is 39.1 Å². The lowest BCUT2D eigenvalue weighted by atomic mass is 9.97. The molecule has 0 spiro atoms. The Morgan fingerprint density at radius 1 is 1.10 bits per heavy atom. The summed E-state index contributed by atoms with van der Waals surface area (Å²) >= 11 is 1.61. The Bertz CT molecular complexity index is 1290. The highest BCUT2D eigenvalue weighted by molar-refractivity contribution is 7.98. The smallest absolute Gasteiger partial charge is 0.328 e. The van der Waals surface area contributed by atoms with Crippen molar-refractivity contribution in [3.05, 3.63) is 66.2 Å². The van der Waals surface area contributed by atoms with Gasteiger partial charge in [-0.2, -0.15) is 11.8 Å². The Labute approximate surface area is 247 Å². The number of imidazole rings is 1. The summed E-state index contributed by atoms with van der Waals surface area (Å²) in [5.74, 6) is 0.0753. The molecular formula is C31H43N5O4S. The first-order valence-corrected chi connectivity index (χ1v) is 15.4. The van der Waals surface area contributed by atoms with Crippen LogP contribution in [0.1, 0.15) is 37.9 Å². The van der Waals surface area contributed by atoms with E-state index in [-0.39, 0.29) is 36.7 Å². The van der Waals surface area contributed by atoms with Crippen molar-refractivity contribution in [2.75, 3.05) is 32.2 Å². The first-order valence-electron chi connectivity index (χ1n) is 14.0. The molecule has 3 rings (SSSR count). The summed E-state index contributed by atoms with van der Waals surface area (Å²) in [7, 11) is 3.20. The third kappa shape index (κ3) is 9.89. The van der Waals surface area contributed by atoms with Gasteiger partial charge in [0.15, 0.2) is 0 Å². The van der Waals surface area contributed by atoms with Crippen LogP contribution in [0.4, 0.5) is 0 Å². The molecule has 0 aliphatic carbocycles. The number of hydrogen-bond acceptors (Lipinski definition) is 7. The molecule has 0 saturated carbocycles. The van der Waals surface area contributed by atoms with Crippen molar-refractivity contribution < 1.29 is 19.1 Å². The zero-order valence-electron chi connectivity index (χ0n) is 24.8. The molecule has 3 aromatic rings. The van der Waals surface area contributed by atoms with E-state index in [0.29, 0.717) is 25.2 Å². The number of fused-ring (bicyclic) bond motifs is 1. The van der Waals surface area contributed by atoms with Gasteiger partial charge in [-0.1, -0.05) is 62.7 Å². The number of ether oxygens (including phenoxy) is 1. The Hall–Kier alpha value is -3.37. The van der Waals surface area contributed by atoms with Crippen LogP contribution in [0.15, 0.2) is 55.0 Å². The number of esters is 1. The molecule has 41 heavy (non-hydrogen) atoms. The van der Waals surface area contributed by atoms with Gasteiger partial charge in [-0.3, -0.25) is 14.5 Å². The summed E-state index contributed by atoms with van der Waals surface area (Å²) in [6.45, 7) is 5.24. The SMILES string of the molecule is CC[C@H](C)[C@@H](CN(CC(=O)N[C@@H](CCSC)C(=O)OC)Cc1cccc2ccccc12)NC(=O)Cc1cn(C)cn1. The quantitative estimate of drug-likeness (QED) is 0.249. The minimum atomic E-state index is -0.706. The fourth-order valence-corrected chi connectivity index (χ4v) is 5.31. The molecule has 1 heterocycles. The lowest BCUT2D eigenvalue weighted by molar-refractivity contribution is -0.145. The molecule has 2 aromatic carbocycles. The summed E-state index contributed by atoms with van der Waals surface area (Å²) in [5.41, 5.74) is 1.80. The number of carbonyl (C=O) groups excluding carboxylic acids is 3. The van der Waals surface area contributed by atoms with E-state index >= 15 is 0 Å². The molecule has 10 heteroatoms. The third-order valence-corrected chi connectivity index (χ3v) is 7.95. The largest absolute Gasteiger partial charge is 0.467 e. The van der Waals surface area contributed by atoms with Crippen LogP contribution in [-0.4, -0.2) is 76.5 Å². The van der Waals surface area contributed by atoms with Gasteiger partial charge in [-0.05, 0) is 40.7 Å². The van der Waals surface area contributed by atoms with E-state index in [2.05, 4.69) is 58.6 Å². The van der Waals surface area contributed by atoms with Gasteiger partial charge in [0.25, 0.3) is 0 Å². The van der Waals surface area contributed by atoms with Crippen molar-refractivity contribution in [2.45, 2.75) is 51.7 Å². The van der Waals surface area contributed by atoms with Crippen molar-refractivity contribution in [3.63, 3.8) is 0 Å². The zero-order valence-corrected chi connectivity index (χ0v) is 25.6. The Morgan fingerprint density at radius 3 is 2.54 bits per heavy atom. The minimum Gasteiger partial charge on any atom is -0.467 e. The van der Waals surface area contributed by atoms with Crippen LogP contribution >= 0.6 is 11.8 Å². The van der Waals surface area contributed by atoms with Crippen LogP contribution in [0.3, 0.4) is 0 Å². The number of benzene rings is 2. The van der Waals surface area contributed by atoms with Gasteiger partial charge < -0.3 is 19.9 Å². The molecule has 0 aliphatic heterocycles. The molecule has 9 nitrogen and oxygen atoms in total. The average molecular weight is 582 g/mol. The van der Waals surface area contributed by atoms with Crippen molar-refractivity contribution in [2.24, 2.45) is 13.0 Å². The summed E-state index contributed by atoms with van der Waals surface area (Å²) in [6.07, 6.45) is 7.01. The normalized spacial score (nSPS) is 13.5. The van der Waals surface area contributed by atoms with Crippen molar-refractivity contribution in [3.8, 4) is 0 Å². The van der Waals surface area contributed by atoms with E-state index in [9.17, 15) is 14.4 Å². The number of carbonyl (C=O) groups is 3. The van der Waals surface area contributed by atoms with Crippen molar-refractivity contribution in [1.82, 2.24) is 25.1 Å². The Kier molecular flexibility index (Phi) is 12.7. The maximum absolute atomic E-state index is 13.3. The Balaban J connectivity index is 1.83. The molecule has 0 radical (unpaired) electrons. The van der Waals surface area contributed by atoms with Crippen molar-refractivity contribution >= 4 is 40.3 Å². The first-order chi connectivity index (χ1) is 19.7. The van der Waals surface area contributed by atoms with Gasteiger partial charge in [0, 0.05) is 32.4 Å². The monoisotopic (exact) mass is 581 g/mol. The maximum Gasteiger partial charge on any atom is 0.328 e. The Morgan fingerprint density at radius 2 is 1.85 bits per heavy atom. The standard InChI is InChI=1S/C31H43N5O4S/c1-6-22(2)28(34-29(37)16-25-18-35(3)21-32-25)19-36(17-24-12-9-11-23-10-7-8-13-26(23)24)20-30(38)33-27(14-15-41-5)31(39)40-4/h7-13,18,21-22,27-28H,6,14-17,19-20H2,1-5H3,(H,33,38)(H,34,37)/t22-,27-,28+/m0/s1. The fraction of sp³-hybridized carbons (Fsp3) is 0.484. The molecule has 1 aromatic heterocycles. The number of rotatable bonds is 16. The number of aromatic nitrogens is 2. The molecule has 0 fully saturated rings. The van der Waals surface area contributed by atoms with E-state index in [0.717, 1.165) is 28.5 Å². The number of aryl methyl sites for hydroxylation is 1. The second-order valence-corrected chi connectivity index (χ2v) is 11.5. The third-order valence-electron chi connectivity index (χ3n) is 7.30. The fourth-order valence-electron chi connectivity index (χ4n) is 4.84. The molecule has 222 valence electrons. The summed E-state index contributed by atoms with van der Waals surface area (Å²) in [5, 5.41) is 8.33. The van der Waals surface area contributed by atoms with E-state index in [1.165, 1.54) is 7.11 Å². The van der Waals surface area contributed by atoms with E-state index in [1.807, 2.05) is 42.3 Å². The average Bonchev–Trinajstić information content (AvgIpc) is 3.37. The predicted octanol–water partition coefficient (Wildman–Crippen LogP) is 3.56. The van der Waals surface area contributed by atoms with Gasteiger partial charge in [0.1, 0.15) is 6.04 Å². The molecule has 2 amide bonds. The zero-order chi connectivity index (χ0) is 29.8.